The van der Waals surface area contributed by atoms with E-state index in [-0.39, 0.29) is 6.61 Å². The van der Waals surface area contributed by atoms with Crippen LogP contribution in [0.1, 0.15) is 25.7 Å². The molecule has 1 saturated carbocycles. The Kier molecular flexibility index (Phi) is 5.96. The average Bonchev–Trinajstić information content (AvgIpc) is 2.26. The van der Waals surface area contributed by atoms with Crippen molar-refractivity contribution in [1.82, 2.24) is 5.32 Å². The van der Waals surface area contributed by atoms with Crippen LogP contribution in [0, 0.1) is 23.7 Å². The van der Waals surface area contributed by atoms with Gasteiger partial charge in [-0.05, 0) is 45.2 Å². The Morgan fingerprint density at radius 1 is 1.29 bits per heavy atom. The second-order valence-corrected chi connectivity index (χ2v) is 6.21. The summed E-state index contributed by atoms with van der Waals surface area (Å²) < 4.78 is 26.0. The van der Waals surface area contributed by atoms with Gasteiger partial charge < -0.3 is 5.32 Å². The van der Waals surface area contributed by atoms with E-state index in [1.165, 1.54) is 12.8 Å². The largest absolute Gasteiger partial charge is 0.319 e. The van der Waals surface area contributed by atoms with E-state index in [0.717, 1.165) is 31.6 Å². The van der Waals surface area contributed by atoms with Crippen molar-refractivity contribution in [2.75, 3.05) is 26.5 Å². The Labute approximate surface area is 104 Å². The summed E-state index contributed by atoms with van der Waals surface area (Å²) in [5, 5.41) is 3.20. The van der Waals surface area contributed by atoms with E-state index in [1.54, 1.807) is 0 Å². The van der Waals surface area contributed by atoms with Gasteiger partial charge in [0.2, 0.25) is 0 Å². The van der Waals surface area contributed by atoms with Crippen LogP contribution in [0.15, 0.2) is 0 Å². The molecule has 5 heteroatoms. The molecule has 0 unspecified atom stereocenters. The number of nitrogens with one attached hydrogen (secondary N) is 1. The summed E-state index contributed by atoms with van der Waals surface area (Å²) in [6.07, 6.45) is 5.66. The zero-order chi connectivity index (χ0) is 12.7. The lowest BCUT2D eigenvalue weighted by Gasteiger charge is -2.25. The molecule has 0 spiro atoms. The monoisotopic (exact) mass is 259 g/mol. The minimum absolute atomic E-state index is 0.0186. The van der Waals surface area contributed by atoms with Crippen molar-refractivity contribution < 1.29 is 12.6 Å². The van der Waals surface area contributed by atoms with Gasteiger partial charge in [-0.25, -0.2) is 0 Å². The van der Waals surface area contributed by atoms with Crippen LogP contribution < -0.4 is 5.32 Å². The quantitative estimate of drug-likeness (QED) is 0.604. The summed E-state index contributed by atoms with van der Waals surface area (Å²) in [7, 11) is -1.37. The fourth-order valence-corrected chi connectivity index (χ4v) is 2.40. The van der Waals surface area contributed by atoms with Crippen molar-refractivity contribution in [3.05, 3.63) is 0 Å². The lowest BCUT2D eigenvalue weighted by atomic mass is 9.82. The van der Waals surface area contributed by atoms with Crippen LogP contribution in [0.3, 0.4) is 0 Å². The van der Waals surface area contributed by atoms with Crippen molar-refractivity contribution >= 4 is 10.1 Å². The van der Waals surface area contributed by atoms with Crippen molar-refractivity contribution in [2.24, 2.45) is 11.8 Å². The van der Waals surface area contributed by atoms with Crippen molar-refractivity contribution in [1.29, 1.82) is 0 Å². The molecule has 17 heavy (non-hydrogen) atoms. The van der Waals surface area contributed by atoms with E-state index >= 15 is 0 Å². The van der Waals surface area contributed by atoms with E-state index < -0.39 is 10.1 Å². The molecule has 0 radical (unpaired) electrons. The first kappa shape index (κ1) is 14.5. The molecule has 1 N–H and O–H groups in total. The molecule has 1 aliphatic carbocycles. The molecule has 0 amide bonds. The van der Waals surface area contributed by atoms with Crippen LogP contribution in [-0.2, 0) is 14.3 Å². The van der Waals surface area contributed by atoms with Crippen molar-refractivity contribution in [2.45, 2.75) is 25.7 Å². The van der Waals surface area contributed by atoms with E-state index in [9.17, 15) is 8.42 Å². The highest BCUT2D eigenvalue weighted by molar-refractivity contribution is 7.85. The maximum absolute atomic E-state index is 10.7. The molecule has 4 nitrogen and oxygen atoms in total. The maximum Gasteiger partial charge on any atom is 0.265 e. The SMILES string of the molecule is CNCC1CCC(C#CCOS(C)(=O)=O)CC1. The Morgan fingerprint density at radius 2 is 1.94 bits per heavy atom. The van der Waals surface area contributed by atoms with E-state index in [4.69, 9.17) is 0 Å². The van der Waals surface area contributed by atoms with Crippen molar-refractivity contribution in [3.8, 4) is 11.8 Å². The normalized spacial score (nSPS) is 25.1. The van der Waals surface area contributed by atoms with E-state index in [1.807, 2.05) is 7.05 Å². The van der Waals surface area contributed by atoms with E-state index in [2.05, 4.69) is 21.3 Å². The minimum atomic E-state index is -3.35. The first-order chi connectivity index (χ1) is 8.01. The summed E-state index contributed by atoms with van der Waals surface area (Å²) in [5.74, 6) is 7.07. The molecule has 1 fully saturated rings. The van der Waals surface area contributed by atoms with E-state index in [0.29, 0.717) is 5.92 Å². The fourth-order valence-electron chi connectivity index (χ4n) is 2.12. The number of rotatable bonds is 4. The summed E-state index contributed by atoms with van der Waals surface area (Å²) in [4.78, 5) is 0. The first-order valence-electron chi connectivity index (χ1n) is 5.98. The highest BCUT2D eigenvalue weighted by atomic mass is 32.2. The zero-order valence-electron chi connectivity index (χ0n) is 10.5. The molecule has 0 saturated heterocycles. The third-order valence-corrected chi connectivity index (χ3v) is 3.54. The summed E-state index contributed by atoms with van der Waals surface area (Å²) in [6, 6.07) is 0. The molecule has 0 aromatic rings. The maximum atomic E-state index is 10.7. The fraction of sp³-hybridized carbons (Fsp3) is 0.833. The predicted molar refractivity (Wildman–Crippen MR) is 67.9 cm³/mol. The van der Waals surface area contributed by atoms with Crippen LogP contribution in [0.25, 0.3) is 0 Å². The van der Waals surface area contributed by atoms with Gasteiger partial charge in [0.05, 0.1) is 6.26 Å². The van der Waals surface area contributed by atoms with Crippen LogP contribution in [0.5, 0.6) is 0 Å². The molecule has 0 aromatic heterocycles. The van der Waals surface area contributed by atoms with Crippen molar-refractivity contribution in [3.63, 3.8) is 0 Å². The molecule has 0 bridgehead atoms. The Hall–Kier alpha value is -0.570. The third-order valence-electron chi connectivity index (χ3n) is 2.99. The summed E-state index contributed by atoms with van der Waals surface area (Å²) in [6.45, 7) is 1.06. The third kappa shape index (κ3) is 6.67. The average molecular weight is 259 g/mol. The highest BCUT2D eigenvalue weighted by Gasteiger charge is 2.18. The van der Waals surface area contributed by atoms with Crippen LogP contribution in [0.2, 0.25) is 0 Å². The molecule has 0 aromatic carbocycles. The molecule has 0 aliphatic heterocycles. The topological polar surface area (TPSA) is 55.4 Å². The van der Waals surface area contributed by atoms with Gasteiger partial charge in [-0.2, -0.15) is 8.42 Å². The standard InChI is InChI=1S/C12H21NO3S/c1-13-10-12-7-5-11(6-8-12)4-3-9-16-17(2,14)15/h11-13H,5-10H2,1-2H3. The number of hydrogen-bond acceptors (Lipinski definition) is 4. The Morgan fingerprint density at radius 3 is 2.47 bits per heavy atom. The molecule has 1 rings (SSSR count). The van der Waals surface area contributed by atoms with Crippen LogP contribution in [0.4, 0.5) is 0 Å². The molecular weight excluding hydrogens is 238 g/mol. The van der Waals surface area contributed by atoms with Gasteiger partial charge in [0.25, 0.3) is 10.1 Å². The lowest BCUT2D eigenvalue weighted by Crippen LogP contribution is -2.23. The van der Waals surface area contributed by atoms with Gasteiger partial charge in [-0.1, -0.05) is 11.8 Å². The second-order valence-electron chi connectivity index (χ2n) is 4.56. The first-order valence-corrected chi connectivity index (χ1v) is 7.80. The van der Waals surface area contributed by atoms with Gasteiger partial charge in [0.1, 0.15) is 6.61 Å². The number of hydrogen-bond donors (Lipinski definition) is 1. The Balaban J connectivity index is 2.24. The zero-order valence-corrected chi connectivity index (χ0v) is 11.3. The van der Waals surface area contributed by atoms with Gasteiger partial charge in [0, 0.05) is 5.92 Å². The summed E-state index contributed by atoms with van der Waals surface area (Å²) >= 11 is 0. The molecular formula is C12H21NO3S. The molecule has 98 valence electrons. The van der Waals surface area contributed by atoms with Crippen LogP contribution >= 0.6 is 0 Å². The second kappa shape index (κ2) is 7.00. The van der Waals surface area contributed by atoms with Gasteiger partial charge in [0.15, 0.2) is 0 Å². The predicted octanol–water partition coefficient (Wildman–Crippen LogP) is 0.992. The van der Waals surface area contributed by atoms with Gasteiger partial charge in [-0.15, -0.1) is 0 Å². The Bertz CT molecular complexity index is 372. The van der Waals surface area contributed by atoms with Gasteiger partial charge in [-0.3, -0.25) is 4.18 Å². The molecule has 1 aliphatic rings. The van der Waals surface area contributed by atoms with Crippen LogP contribution in [-0.4, -0.2) is 34.9 Å². The summed E-state index contributed by atoms with van der Waals surface area (Å²) in [5.41, 5.74) is 0. The minimum Gasteiger partial charge on any atom is -0.319 e. The highest BCUT2D eigenvalue weighted by Crippen LogP contribution is 2.27. The molecule has 0 atom stereocenters. The lowest BCUT2D eigenvalue weighted by molar-refractivity contribution is 0.310. The molecule has 0 heterocycles. The smallest absolute Gasteiger partial charge is 0.265 e. The van der Waals surface area contributed by atoms with Gasteiger partial charge >= 0.3 is 0 Å².